The van der Waals surface area contributed by atoms with E-state index in [1.165, 1.54) is 0 Å². The van der Waals surface area contributed by atoms with Gasteiger partial charge in [-0.15, -0.1) is 0 Å². The summed E-state index contributed by atoms with van der Waals surface area (Å²) in [4.78, 5) is 27.5. The van der Waals surface area contributed by atoms with Crippen LogP contribution < -0.4 is 11.1 Å². The molecular weight excluding hydrogens is 417 g/mol. The van der Waals surface area contributed by atoms with Crippen molar-refractivity contribution in [2.75, 3.05) is 6.54 Å². The number of amides is 2. The summed E-state index contributed by atoms with van der Waals surface area (Å²) in [6.45, 7) is 9.13. The number of hydrogen-bond acceptors (Lipinski definition) is 5. The van der Waals surface area contributed by atoms with E-state index in [1.54, 1.807) is 31.4 Å². The van der Waals surface area contributed by atoms with Gasteiger partial charge < -0.3 is 25.7 Å². The van der Waals surface area contributed by atoms with Crippen molar-refractivity contribution in [3.8, 4) is 0 Å². The van der Waals surface area contributed by atoms with E-state index < -0.39 is 11.6 Å². The highest BCUT2D eigenvalue weighted by Crippen LogP contribution is 2.63. The minimum absolute atomic E-state index is 0.122. The second kappa shape index (κ2) is 9.04. The highest BCUT2D eigenvalue weighted by Gasteiger charge is 2.63. The Balaban J connectivity index is 1.32. The first-order valence-electron chi connectivity index (χ1n) is 12.2. The van der Waals surface area contributed by atoms with E-state index in [2.05, 4.69) is 19.2 Å². The summed E-state index contributed by atoms with van der Waals surface area (Å²) in [5.41, 5.74) is 6.34. The standard InChI is InChI=1S/C25H37BN3O4/c1-15(28-22(30)17-9-7-16(14-27)8-10-17)23(31)29-11-5-6-21(29)26-33-20-13-18-12-19(24(18,2)3)25(20,4)32/h7-10,15,18-21,32H,5-6,11-14,27H2,1-4H3,(H,28,30)/t15-,18+,19+,20?,21+,25+/m1/s1. The number of nitrogens with zero attached hydrogens (tertiary/aromatic N) is 1. The van der Waals surface area contributed by atoms with Gasteiger partial charge in [-0.05, 0) is 74.5 Å². The smallest absolute Gasteiger partial charge is 0.317 e. The van der Waals surface area contributed by atoms with Gasteiger partial charge in [-0.25, -0.2) is 0 Å². The van der Waals surface area contributed by atoms with E-state index in [9.17, 15) is 14.7 Å². The third kappa shape index (κ3) is 4.45. The van der Waals surface area contributed by atoms with E-state index in [0.29, 0.717) is 24.6 Å². The molecule has 1 saturated heterocycles. The van der Waals surface area contributed by atoms with Crippen LogP contribution in [0.3, 0.4) is 0 Å². The van der Waals surface area contributed by atoms with Crippen LogP contribution in [0, 0.1) is 17.3 Å². The molecule has 33 heavy (non-hydrogen) atoms. The topological polar surface area (TPSA) is 105 Å². The summed E-state index contributed by atoms with van der Waals surface area (Å²) >= 11 is 0. The molecule has 1 radical (unpaired) electrons. The molecule has 6 atom stereocenters. The Morgan fingerprint density at radius 3 is 2.58 bits per heavy atom. The lowest BCUT2D eigenvalue weighted by molar-refractivity contribution is -0.239. The van der Waals surface area contributed by atoms with Gasteiger partial charge in [-0.1, -0.05) is 26.0 Å². The highest BCUT2D eigenvalue weighted by molar-refractivity contribution is 6.30. The molecule has 0 aromatic heterocycles. The molecule has 4 N–H and O–H groups in total. The molecule has 5 rings (SSSR count). The molecule has 2 bridgehead atoms. The lowest BCUT2D eigenvalue weighted by Gasteiger charge is -2.65. The number of carbonyl (C=O) groups excluding carboxylic acids is 2. The maximum atomic E-state index is 13.1. The molecule has 1 aromatic rings. The van der Waals surface area contributed by atoms with E-state index in [1.807, 2.05) is 19.1 Å². The highest BCUT2D eigenvalue weighted by atomic mass is 16.5. The Hall–Kier alpha value is -1.90. The molecule has 4 fully saturated rings. The van der Waals surface area contributed by atoms with Gasteiger partial charge in [0.05, 0.1) is 11.7 Å². The van der Waals surface area contributed by atoms with Crippen molar-refractivity contribution in [2.24, 2.45) is 23.0 Å². The number of likely N-dealkylation sites (tertiary alicyclic amines) is 1. The first-order valence-corrected chi connectivity index (χ1v) is 12.2. The Morgan fingerprint density at radius 2 is 1.97 bits per heavy atom. The predicted molar refractivity (Wildman–Crippen MR) is 127 cm³/mol. The number of benzene rings is 1. The summed E-state index contributed by atoms with van der Waals surface area (Å²) in [6.07, 6.45) is 3.35. The van der Waals surface area contributed by atoms with E-state index in [-0.39, 0.29) is 35.2 Å². The molecule has 4 aliphatic rings. The molecule has 1 unspecified atom stereocenters. The van der Waals surface area contributed by atoms with Crippen LogP contribution >= 0.6 is 0 Å². The maximum absolute atomic E-state index is 13.1. The fraction of sp³-hybridized carbons (Fsp3) is 0.680. The van der Waals surface area contributed by atoms with Crippen LogP contribution in [0.5, 0.6) is 0 Å². The molecular formula is C25H37BN3O4. The van der Waals surface area contributed by atoms with Crippen LogP contribution in [0.2, 0.25) is 0 Å². The van der Waals surface area contributed by atoms with Gasteiger partial charge in [-0.2, -0.15) is 0 Å². The van der Waals surface area contributed by atoms with Gasteiger partial charge in [-0.3, -0.25) is 9.59 Å². The van der Waals surface area contributed by atoms with Gasteiger partial charge in [0.15, 0.2) is 0 Å². The number of aliphatic hydroxyl groups is 1. The SMILES string of the molecule is C[C@@H](NC(=O)c1ccc(CN)cc1)C(=O)N1CCC[C@H]1[B]OC1C[C@@H]2C[C@@H](C2(C)C)[C@]1(C)O. The van der Waals surface area contributed by atoms with Crippen molar-refractivity contribution in [1.82, 2.24) is 10.2 Å². The minimum atomic E-state index is -0.872. The minimum Gasteiger partial charge on any atom is -0.433 e. The molecule has 1 aliphatic heterocycles. The van der Waals surface area contributed by atoms with E-state index in [4.69, 9.17) is 10.4 Å². The van der Waals surface area contributed by atoms with Crippen LogP contribution in [0.1, 0.15) is 69.3 Å². The summed E-state index contributed by atoms with van der Waals surface area (Å²) in [6, 6.07) is 6.42. The quantitative estimate of drug-likeness (QED) is 0.547. The first kappa shape index (κ1) is 24.2. The van der Waals surface area contributed by atoms with Gasteiger partial charge in [0.25, 0.3) is 5.91 Å². The maximum Gasteiger partial charge on any atom is 0.317 e. The average molecular weight is 454 g/mol. The fourth-order valence-corrected chi connectivity index (χ4v) is 6.10. The largest absolute Gasteiger partial charge is 0.433 e. The van der Waals surface area contributed by atoms with Crippen molar-refractivity contribution in [1.29, 1.82) is 0 Å². The van der Waals surface area contributed by atoms with Crippen molar-refractivity contribution >= 4 is 19.3 Å². The van der Waals surface area contributed by atoms with Crippen LogP contribution in [0.25, 0.3) is 0 Å². The zero-order valence-corrected chi connectivity index (χ0v) is 20.2. The van der Waals surface area contributed by atoms with Crippen molar-refractivity contribution in [3.63, 3.8) is 0 Å². The number of carbonyl (C=O) groups is 2. The molecule has 179 valence electrons. The molecule has 0 spiro atoms. The third-order valence-electron chi connectivity index (χ3n) is 8.48. The lowest BCUT2D eigenvalue weighted by atomic mass is 9.43. The van der Waals surface area contributed by atoms with E-state index >= 15 is 0 Å². The number of rotatable bonds is 7. The third-order valence-corrected chi connectivity index (χ3v) is 8.48. The summed E-state index contributed by atoms with van der Waals surface area (Å²) in [5, 5.41) is 14.0. The van der Waals surface area contributed by atoms with E-state index in [0.717, 1.165) is 31.2 Å². The van der Waals surface area contributed by atoms with Crippen LogP contribution in [0.4, 0.5) is 0 Å². The lowest BCUT2D eigenvalue weighted by Crippen LogP contribution is -2.67. The Labute approximate surface area is 197 Å². The van der Waals surface area contributed by atoms with Gasteiger partial charge in [0, 0.05) is 24.6 Å². The van der Waals surface area contributed by atoms with Crippen LogP contribution in [-0.4, -0.2) is 59.5 Å². The van der Waals surface area contributed by atoms with Gasteiger partial charge >= 0.3 is 7.48 Å². The summed E-state index contributed by atoms with van der Waals surface area (Å²) in [5.74, 6) is 0.246. The zero-order valence-electron chi connectivity index (χ0n) is 20.2. The van der Waals surface area contributed by atoms with Crippen molar-refractivity contribution in [3.05, 3.63) is 35.4 Å². The molecule has 3 saturated carbocycles. The normalized spacial score (nSPS) is 33.2. The van der Waals surface area contributed by atoms with Crippen LogP contribution in [0.15, 0.2) is 24.3 Å². The fourth-order valence-electron chi connectivity index (χ4n) is 6.10. The second-order valence-electron chi connectivity index (χ2n) is 10.9. The van der Waals surface area contributed by atoms with Crippen molar-refractivity contribution in [2.45, 2.75) is 83.6 Å². The number of hydrogen-bond donors (Lipinski definition) is 3. The van der Waals surface area contributed by atoms with Gasteiger partial charge in [0.2, 0.25) is 5.91 Å². The van der Waals surface area contributed by atoms with Crippen molar-refractivity contribution < 1.29 is 19.3 Å². The second-order valence-corrected chi connectivity index (χ2v) is 10.9. The molecule has 1 heterocycles. The predicted octanol–water partition coefficient (Wildman–Crippen LogP) is 2.03. The zero-order chi connectivity index (χ0) is 24.0. The number of nitrogens with two attached hydrogens (primary N) is 1. The average Bonchev–Trinajstić information content (AvgIpc) is 3.25. The first-order chi connectivity index (χ1) is 15.6. The summed E-state index contributed by atoms with van der Waals surface area (Å²) < 4.78 is 6.14. The Bertz CT molecular complexity index is 888. The molecule has 2 amide bonds. The monoisotopic (exact) mass is 454 g/mol. The summed E-state index contributed by atoms with van der Waals surface area (Å²) in [7, 11) is 1.75. The molecule has 1 aromatic carbocycles. The Morgan fingerprint density at radius 1 is 1.27 bits per heavy atom. The molecule has 8 heteroatoms. The molecule has 3 aliphatic carbocycles. The molecule has 7 nitrogen and oxygen atoms in total. The number of nitrogens with one attached hydrogen (secondary N) is 1. The van der Waals surface area contributed by atoms with Crippen LogP contribution in [-0.2, 0) is 16.0 Å². The number of fused-ring (bicyclic) bond motifs is 2. The van der Waals surface area contributed by atoms with Gasteiger partial charge in [0.1, 0.15) is 6.04 Å². The Kier molecular flexibility index (Phi) is 6.64.